The molecule has 0 aliphatic carbocycles. The Morgan fingerprint density at radius 2 is 0.531 bits per heavy atom. The van der Waals surface area contributed by atoms with Crippen molar-refractivity contribution in [1.29, 1.82) is 0 Å². The van der Waals surface area contributed by atoms with Crippen LogP contribution in [0.5, 0.6) is 0 Å². The van der Waals surface area contributed by atoms with Crippen LogP contribution in [0.2, 0.25) is 5.15 Å². The van der Waals surface area contributed by atoms with E-state index in [0.717, 1.165) is 28.7 Å². The van der Waals surface area contributed by atoms with Crippen LogP contribution in [-0.4, -0.2) is 42.1 Å². The molecule has 2 aromatic carbocycles. The van der Waals surface area contributed by atoms with Gasteiger partial charge in [-0.05, 0) is 212 Å². The molecular weight excluding hydrogens is 804 g/mol. The molecule has 2 aliphatic rings. The average molecular weight is 892 g/mol. The zero-order valence-corrected chi connectivity index (χ0v) is 46.8. The number of aryl methyl sites for hydroxylation is 3. The highest BCUT2D eigenvalue weighted by molar-refractivity contribution is 6.30. The molecule has 4 aromatic rings. The van der Waals surface area contributed by atoms with Gasteiger partial charge in [-0.25, -0.2) is 19.9 Å². The fraction of sp³-hybridized carbons (Fsp3) is 0.649. The summed E-state index contributed by atoms with van der Waals surface area (Å²) in [7, 11) is 0. The maximum Gasteiger partial charge on any atom is 0.137 e. The summed E-state index contributed by atoms with van der Waals surface area (Å²) >= 11 is 6.61. The van der Waals surface area contributed by atoms with Crippen LogP contribution in [0.3, 0.4) is 0 Å². The standard InChI is InChI=1S/C29H45N3.C28H42ClN3/c1-16-17(2)19(4)24-23(18(16)3)26(8,9)28(12,13)32(29(14,15)27(24,10)11)25-20(5)21(6)30-22(7)31-25;1-15-16(2)18(4)22-21(17(15)3)25(7,8)27(11,12)32(28(13,14)26(22,9)10)24-19(5)23(29)30-20(6)31-24/h1-15H3;1-14H3. The van der Waals surface area contributed by atoms with Crippen LogP contribution in [0.4, 0.5) is 11.6 Å². The third-order valence-electron chi connectivity index (χ3n) is 19.3. The summed E-state index contributed by atoms with van der Waals surface area (Å²) in [5.74, 6) is 3.56. The molecule has 0 atom stereocenters. The molecule has 352 valence electrons. The maximum absolute atomic E-state index is 6.61. The van der Waals surface area contributed by atoms with Gasteiger partial charge in [-0.1, -0.05) is 67.0 Å². The third-order valence-corrected chi connectivity index (χ3v) is 19.7. The Morgan fingerprint density at radius 3 is 0.797 bits per heavy atom. The van der Waals surface area contributed by atoms with Crippen molar-refractivity contribution in [3.05, 3.63) is 100 Å². The first kappa shape index (κ1) is 51.5. The van der Waals surface area contributed by atoms with E-state index in [9.17, 15) is 0 Å². The molecule has 2 aromatic heterocycles. The Kier molecular flexibility index (Phi) is 12.5. The van der Waals surface area contributed by atoms with Gasteiger partial charge < -0.3 is 9.80 Å². The Balaban J connectivity index is 0.000000241. The van der Waals surface area contributed by atoms with E-state index in [1.807, 2.05) is 20.8 Å². The van der Waals surface area contributed by atoms with Crippen molar-refractivity contribution in [3.8, 4) is 0 Å². The van der Waals surface area contributed by atoms with Gasteiger partial charge in [-0.2, -0.15) is 0 Å². The van der Waals surface area contributed by atoms with Crippen molar-refractivity contribution in [2.75, 3.05) is 9.80 Å². The molecule has 7 heteroatoms. The predicted molar refractivity (Wildman–Crippen MR) is 277 cm³/mol. The minimum absolute atomic E-state index is 0.111. The molecule has 2 aliphatic heterocycles. The molecule has 0 fully saturated rings. The molecule has 4 heterocycles. The van der Waals surface area contributed by atoms with Crippen molar-refractivity contribution in [2.24, 2.45) is 0 Å². The second-order valence-electron chi connectivity index (χ2n) is 24.2. The fourth-order valence-electron chi connectivity index (χ4n) is 12.3. The topological polar surface area (TPSA) is 58.0 Å². The number of rotatable bonds is 2. The highest BCUT2D eigenvalue weighted by Gasteiger charge is 2.61. The van der Waals surface area contributed by atoms with E-state index in [1.54, 1.807) is 0 Å². The number of hydrogen-bond donors (Lipinski definition) is 0. The van der Waals surface area contributed by atoms with Crippen molar-refractivity contribution in [1.82, 2.24) is 19.9 Å². The van der Waals surface area contributed by atoms with Gasteiger partial charge in [0.05, 0.1) is 0 Å². The summed E-state index contributed by atoms with van der Waals surface area (Å²) in [6, 6.07) is 0. The number of hydrogen-bond acceptors (Lipinski definition) is 6. The minimum atomic E-state index is -0.257. The smallest absolute Gasteiger partial charge is 0.137 e. The van der Waals surface area contributed by atoms with Crippen LogP contribution in [0.15, 0.2) is 0 Å². The molecule has 0 N–H and O–H groups in total. The quantitative estimate of drug-likeness (QED) is 0.187. The molecule has 0 saturated carbocycles. The molecule has 0 unspecified atom stereocenters. The summed E-state index contributed by atoms with van der Waals surface area (Å²) in [5, 5.41) is 0.538. The lowest BCUT2D eigenvalue weighted by molar-refractivity contribution is 0.200. The van der Waals surface area contributed by atoms with Gasteiger partial charge >= 0.3 is 0 Å². The highest BCUT2D eigenvalue weighted by atomic mass is 35.5. The van der Waals surface area contributed by atoms with Gasteiger partial charge in [0.1, 0.15) is 28.4 Å². The first-order chi connectivity index (χ1) is 28.7. The lowest BCUT2D eigenvalue weighted by atomic mass is 9.62. The van der Waals surface area contributed by atoms with Crippen molar-refractivity contribution < 1.29 is 0 Å². The number of aromatic nitrogens is 4. The van der Waals surface area contributed by atoms with Crippen molar-refractivity contribution >= 4 is 23.2 Å². The number of anilines is 2. The molecule has 0 radical (unpaired) electrons. The summed E-state index contributed by atoms with van der Waals surface area (Å²) in [6.45, 7) is 67.2. The monoisotopic (exact) mass is 891 g/mol. The molecule has 6 rings (SSSR count). The summed E-state index contributed by atoms with van der Waals surface area (Å²) in [5.41, 5.74) is 19.1. The highest BCUT2D eigenvalue weighted by Crippen LogP contribution is 2.60. The van der Waals surface area contributed by atoms with E-state index in [2.05, 4.69) is 200 Å². The Morgan fingerprint density at radius 1 is 0.297 bits per heavy atom. The van der Waals surface area contributed by atoms with Crippen LogP contribution < -0.4 is 9.80 Å². The van der Waals surface area contributed by atoms with Crippen LogP contribution in [0, 0.1) is 90.0 Å². The van der Waals surface area contributed by atoms with E-state index in [4.69, 9.17) is 21.6 Å². The zero-order chi connectivity index (χ0) is 49.5. The second kappa shape index (κ2) is 15.5. The lowest BCUT2D eigenvalue weighted by Gasteiger charge is -2.58. The van der Waals surface area contributed by atoms with Crippen molar-refractivity contribution in [3.63, 3.8) is 0 Å². The van der Waals surface area contributed by atoms with E-state index in [-0.39, 0.29) is 43.8 Å². The number of benzene rings is 2. The molecule has 0 amide bonds. The summed E-state index contributed by atoms with van der Waals surface area (Å²) in [4.78, 5) is 24.4. The van der Waals surface area contributed by atoms with Crippen molar-refractivity contribution in [2.45, 2.75) is 245 Å². The van der Waals surface area contributed by atoms with Gasteiger partial charge in [0, 0.05) is 60.6 Å². The molecule has 64 heavy (non-hydrogen) atoms. The SMILES string of the molecule is Cc1nc(C)c(C)c(N2C(C)(C)C(C)(C)c3c(C)c(C)c(C)c(C)c3C(C)(C)C2(C)C)n1.Cc1nc(Cl)c(C)c(N2C(C)(C)C(C)(C)c3c(C)c(C)c(C)c(C)c3C(C)(C)C2(C)C)n1. The first-order valence-corrected chi connectivity index (χ1v) is 24.2. The molecule has 0 saturated heterocycles. The second-order valence-corrected chi connectivity index (χ2v) is 24.6. The zero-order valence-electron chi connectivity index (χ0n) is 46.1. The van der Waals surface area contributed by atoms with E-state index in [1.165, 1.54) is 72.3 Å². The van der Waals surface area contributed by atoms with Crippen LogP contribution in [0.25, 0.3) is 0 Å². The first-order valence-electron chi connectivity index (χ1n) is 23.8. The largest absolute Gasteiger partial charge is 0.344 e. The molecule has 0 spiro atoms. The van der Waals surface area contributed by atoms with Crippen LogP contribution in [0.1, 0.15) is 206 Å². The Hall–Kier alpha value is -3.51. The van der Waals surface area contributed by atoms with Gasteiger partial charge in [0.25, 0.3) is 0 Å². The number of nitrogens with zero attached hydrogens (tertiary/aromatic N) is 6. The molecule has 6 nitrogen and oxygen atoms in total. The van der Waals surface area contributed by atoms with Gasteiger partial charge in [0.2, 0.25) is 0 Å². The molecular formula is C57H87ClN6. The Bertz CT molecular complexity index is 2270. The van der Waals surface area contributed by atoms with E-state index < -0.39 is 0 Å². The average Bonchev–Trinajstić information content (AvgIpc) is 3.19. The van der Waals surface area contributed by atoms with Gasteiger partial charge in [0.15, 0.2) is 0 Å². The summed E-state index contributed by atoms with van der Waals surface area (Å²) in [6.07, 6.45) is 0. The van der Waals surface area contributed by atoms with Gasteiger partial charge in [-0.3, -0.25) is 0 Å². The Labute approximate surface area is 396 Å². The van der Waals surface area contributed by atoms with E-state index >= 15 is 0 Å². The predicted octanol–water partition coefficient (Wildman–Crippen LogP) is 14.9. The number of fused-ring (bicyclic) bond motifs is 2. The van der Waals surface area contributed by atoms with Crippen LogP contribution >= 0.6 is 11.6 Å². The van der Waals surface area contributed by atoms with E-state index in [0.29, 0.717) is 11.0 Å². The fourth-order valence-corrected chi connectivity index (χ4v) is 12.5. The normalized spacial score (nSPS) is 20.7. The van der Waals surface area contributed by atoms with Crippen LogP contribution in [-0.2, 0) is 21.7 Å². The number of halogens is 1. The van der Waals surface area contributed by atoms with Gasteiger partial charge in [-0.15, -0.1) is 0 Å². The molecule has 0 bridgehead atoms. The third kappa shape index (κ3) is 6.81. The minimum Gasteiger partial charge on any atom is -0.344 e. The summed E-state index contributed by atoms with van der Waals surface area (Å²) < 4.78 is 0. The lowest BCUT2D eigenvalue weighted by Crippen LogP contribution is -2.66. The maximum atomic E-state index is 6.61.